The number of aromatic nitrogens is 3. The van der Waals surface area contributed by atoms with Gasteiger partial charge in [0.1, 0.15) is 11.9 Å². The molecule has 37 heavy (non-hydrogen) atoms. The summed E-state index contributed by atoms with van der Waals surface area (Å²) in [6.45, 7) is 6.16. The van der Waals surface area contributed by atoms with Gasteiger partial charge < -0.3 is 23.6 Å². The number of fused-ring (bicyclic) bond motifs is 2. The number of benzene rings is 2. The summed E-state index contributed by atoms with van der Waals surface area (Å²) in [5.41, 5.74) is 5.57. The van der Waals surface area contributed by atoms with Crippen LogP contribution < -0.4 is 0 Å². The number of hydrogen-bond acceptors (Lipinski definition) is 7. The molecule has 0 amide bonds. The summed E-state index contributed by atoms with van der Waals surface area (Å²) in [6.07, 6.45) is 8.28. The average Bonchev–Trinajstić information content (AvgIpc) is 3.53. The van der Waals surface area contributed by atoms with Crippen molar-refractivity contribution in [2.45, 2.75) is 32.4 Å². The maximum atomic E-state index is 13.7. The van der Waals surface area contributed by atoms with E-state index in [0.717, 1.165) is 52.3 Å². The van der Waals surface area contributed by atoms with Gasteiger partial charge in [0, 0.05) is 18.2 Å². The third-order valence-corrected chi connectivity index (χ3v) is 7.60. The average molecular weight is 500 g/mol. The van der Waals surface area contributed by atoms with Gasteiger partial charge in [-0.2, -0.15) is 0 Å². The Morgan fingerprint density at radius 3 is 2.70 bits per heavy atom. The summed E-state index contributed by atoms with van der Waals surface area (Å²) in [7, 11) is 0. The summed E-state index contributed by atoms with van der Waals surface area (Å²) < 4.78 is 27.0. The number of piperidine rings is 1. The summed E-state index contributed by atoms with van der Waals surface area (Å²) >= 11 is 0. The van der Waals surface area contributed by atoms with Crippen LogP contribution in [0.3, 0.4) is 0 Å². The second kappa shape index (κ2) is 8.27. The zero-order valence-corrected chi connectivity index (χ0v) is 20.6. The van der Waals surface area contributed by atoms with Crippen LogP contribution in [0.1, 0.15) is 36.2 Å². The summed E-state index contributed by atoms with van der Waals surface area (Å²) in [5.74, 6) is 0.556. The standard InChI is InChI=1S/C28H26FN5O3/c1-17-12-33(16-30-17)24-8-5-20(23-11-31-37-26(23)24)9-21-10-28(14-35-15-28)13-34-25(18(2)36-32-27(21)34)19-3-6-22(29)7-4-19/h3-9,11-12,16,18,25H,10,13-15H2,1-2H3/b21-9+. The SMILES string of the molecule is Cc1cn(-c2ccc(/C=C3\CC4(COC4)CN4C3=NOC(C)C4c3ccc(F)cc3)c3cnoc23)cn1. The molecule has 188 valence electrons. The van der Waals surface area contributed by atoms with Gasteiger partial charge in [0.2, 0.25) is 0 Å². The molecule has 0 radical (unpaired) electrons. The van der Waals surface area contributed by atoms with Crippen molar-refractivity contribution in [3.05, 3.63) is 83.3 Å². The molecule has 4 aromatic rings. The van der Waals surface area contributed by atoms with E-state index in [2.05, 4.69) is 32.3 Å². The zero-order valence-electron chi connectivity index (χ0n) is 20.6. The number of halogens is 1. The molecule has 7 rings (SSSR count). The van der Waals surface area contributed by atoms with Crippen LogP contribution in [0, 0.1) is 18.2 Å². The van der Waals surface area contributed by atoms with Gasteiger partial charge in [-0.05, 0) is 61.2 Å². The van der Waals surface area contributed by atoms with Crippen LogP contribution in [0.5, 0.6) is 0 Å². The molecular formula is C28H26FN5O3. The quantitative estimate of drug-likeness (QED) is 0.393. The van der Waals surface area contributed by atoms with Crippen molar-refractivity contribution in [3.63, 3.8) is 0 Å². The largest absolute Gasteiger partial charge is 0.389 e. The van der Waals surface area contributed by atoms with Gasteiger partial charge >= 0.3 is 0 Å². The molecule has 9 heteroatoms. The van der Waals surface area contributed by atoms with Crippen LogP contribution in [0.15, 0.2) is 70.4 Å². The molecule has 2 fully saturated rings. The van der Waals surface area contributed by atoms with Gasteiger partial charge in [0.25, 0.3) is 0 Å². The van der Waals surface area contributed by atoms with Crippen molar-refractivity contribution < 1.29 is 18.5 Å². The number of oxime groups is 1. The number of aryl methyl sites for hydroxylation is 1. The molecule has 2 aromatic heterocycles. The van der Waals surface area contributed by atoms with Crippen LogP contribution >= 0.6 is 0 Å². The number of imidazole rings is 1. The molecular weight excluding hydrogens is 473 g/mol. The second-order valence-electron chi connectivity index (χ2n) is 10.4. The summed E-state index contributed by atoms with van der Waals surface area (Å²) in [5, 5.41) is 9.58. The number of nitrogens with zero attached hydrogens (tertiary/aromatic N) is 5. The second-order valence-corrected chi connectivity index (χ2v) is 10.4. The maximum Gasteiger partial charge on any atom is 0.191 e. The first-order valence-electron chi connectivity index (χ1n) is 12.4. The number of hydrogen-bond donors (Lipinski definition) is 0. The molecule has 2 unspecified atom stereocenters. The molecule has 8 nitrogen and oxygen atoms in total. The fraction of sp³-hybridized carbons (Fsp3) is 0.321. The monoisotopic (exact) mass is 499 g/mol. The number of amidine groups is 1. The van der Waals surface area contributed by atoms with E-state index in [1.54, 1.807) is 12.5 Å². The van der Waals surface area contributed by atoms with E-state index in [1.165, 1.54) is 12.1 Å². The van der Waals surface area contributed by atoms with E-state index in [-0.39, 0.29) is 23.4 Å². The van der Waals surface area contributed by atoms with Crippen molar-refractivity contribution in [3.8, 4) is 5.69 Å². The normalized spacial score (nSPS) is 23.6. The highest BCUT2D eigenvalue weighted by Gasteiger charge is 2.50. The van der Waals surface area contributed by atoms with Crippen molar-refractivity contribution >= 4 is 22.9 Å². The Kier molecular flexibility index (Phi) is 4.97. The van der Waals surface area contributed by atoms with Crippen LogP contribution in [-0.2, 0) is 9.57 Å². The molecule has 0 N–H and O–H groups in total. The molecule has 2 atom stereocenters. The van der Waals surface area contributed by atoms with Crippen molar-refractivity contribution in [1.29, 1.82) is 0 Å². The van der Waals surface area contributed by atoms with Crippen molar-refractivity contribution in [1.82, 2.24) is 19.6 Å². The minimum Gasteiger partial charge on any atom is -0.389 e. The van der Waals surface area contributed by atoms with Crippen molar-refractivity contribution in [2.24, 2.45) is 10.6 Å². The lowest BCUT2D eigenvalue weighted by Crippen LogP contribution is -2.59. The van der Waals surface area contributed by atoms with Gasteiger partial charge in [-0.15, -0.1) is 0 Å². The van der Waals surface area contributed by atoms with Crippen LogP contribution in [0.4, 0.5) is 4.39 Å². The Morgan fingerprint density at radius 2 is 1.97 bits per heavy atom. The van der Waals surface area contributed by atoms with Gasteiger partial charge in [0.05, 0.1) is 48.5 Å². The summed E-state index contributed by atoms with van der Waals surface area (Å²) in [6, 6.07) is 10.7. The third kappa shape index (κ3) is 3.64. The molecule has 3 aliphatic rings. The first kappa shape index (κ1) is 22.2. The van der Waals surface area contributed by atoms with Gasteiger partial charge in [0.15, 0.2) is 11.4 Å². The minimum atomic E-state index is -0.253. The minimum absolute atomic E-state index is 0.00222. The lowest BCUT2D eigenvalue weighted by molar-refractivity contribution is -0.136. The highest BCUT2D eigenvalue weighted by Crippen LogP contribution is 2.46. The number of rotatable bonds is 3. The molecule has 0 saturated carbocycles. The Morgan fingerprint density at radius 1 is 1.14 bits per heavy atom. The van der Waals surface area contributed by atoms with Crippen molar-refractivity contribution in [2.75, 3.05) is 19.8 Å². The first-order valence-corrected chi connectivity index (χ1v) is 12.4. The van der Waals surface area contributed by atoms with Crippen LogP contribution in [-0.4, -0.2) is 51.3 Å². The zero-order chi connectivity index (χ0) is 25.1. The molecule has 3 aliphatic heterocycles. The molecule has 2 saturated heterocycles. The van der Waals surface area contributed by atoms with E-state index in [1.807, 2.05) is 42.8 Å². The lowest BCUT2D eigenvalue weighted by atomic mass is 9.74. The highest BCUT2D eigenvalue weighted by molar-refractivity contribution is 6.05. The fourth-order valence-electron chi connectivity index (χ4n) is 5.79. The smallest absolute Gasteiger partial charge is 0.191 e. The predicted molar refractivity (Wildman–Crippen MR) is 136 cm³/mol. The Labute approximate surface area is 213 Å². The third-order valence-electron chi connectivity index (χ3n) is 7.60. The van der Waals surface area contributed by atoms with E-state index >= 15 is 0 Å². The predicted octanol–water partition coefficient (Wildman–Crippen LogP) is 5.04. The molecule has 2 aromatic carbocycles. The van der Waals surface area contributed by atoms with E-state index < -0.39 is 0 Å². The van der Waals surface area contributed by atoms with E-state index in [0.29, 0.717) is 18.8 Å². The van der Waals surface area contributed by atoms with E-state index in [4.69, 9.17) is 14.1 Å². The molecule has 5 heterocycles. The molecule has 1 spiro atoms. The van der Waals surface area contributed by atoms with Gasteiger partial charge in [-0.3, -0.25) is 0 Å². The molecule has 0 aliphatic carbocycles. The van der Waals surface area contributed by atoms with Crippen LogP contribution in [0.25, 0.3) is 22.7 Å². The van der Waals surface area contributed by atoms with Gasteiger partial charge in [-0.1, -0.05) is 28.5 Å². The topological polar surface area (TPSA) is 77.9 Å². The Hall–Kier alpha value is -3.98. The summed E-state index contributed by atoms with van der Waals surface area (Å²) in [4.78, 5) is 12.6. The fourth-order valence-corrected chi connectivity index (χ4v) is 5.79. The van der Waals surface area contributed by atoms with Crippen LogP contribution in [0.2, 0.25) is 0 Å². The highest BCUT2D eigenvalue weighted by atomic mass is 19.1. The number of ether oxygens (including phenoxy) is 1. The first-order chi connectivity index (χ1) is 18.0. The Bertz CT molecular complexity index is 1550. The Balaban J connectivity index is 1.32. The molecule has 0 bridgehead atoms. The van der Waals surface area contributed by atoms with Gasteiger partial charge in [-0.25, -0.2) is 9.37 Å². The maximum absolute atomic E-state index is 13.7. The lowest BCUT2D eigenvalue weighted by Gasteiger charge is -2.53. The van der Waals surface area contributed by atoms with E-state index in [9.17, 15) is 4.39 Å².